The zero-order valence-electron chi connectivity index (χ0n) is 5.81. The molecule has 0 unspecified atom stereocenters. The van der Waals surface area contributed by atoms with Crippen molar-refractivity contribution in [2.45, 2.75) is 19.9 Å². The summed E-state index contributed by atoms with van der Waals surface area (Å²) in [4.78, 5) is 0. The minimum atomic E-state index is 0.365. The third-order valence-corrected chi connectivity index (χ3v) is 2.26. The smallest absolute Gasteiger partial charge is 0.165 e. The van der Waals surface area contributed by atoms with Crippen LogP contribution in [-0.4, -0.2) is 9.78 Å². The zero-order chi connectivity index (χ0) is 7.72. The molecule has 56 valence electrons. The molecular formula is C6H8BrClN2. The van der Waals surface area contributed by atoms with E-state index in [1.54, 1.807) is 0 Å². The van der Waals surface area contributed by atoms with Crippen LogP contribution in [0.4, 0.5) is 0 Å². The highest BCUT2D eigenvalue weighted by Gasteiger charge is 2.04. The van der Waals surface area contributed by atoms with Crippen LogP contribution in [0, 0.1) is 0 Å². The summed E-state index contributed by atoms with van der Waals surface area (Å²) in [5.41, 5.74) is 0. The molecule has 1 aromatic rings. The number of hydrogen-bond donors (Lipinski definition) is 0. The third-order valence-electron chi connectivity index (χ3n) is 1.18. The number of rotatable bonds is 1. The first-order chi connectivity index (χ1) is 4.61. The Hall–Kier alpha value is -0.0200. The standard InChI is InChI=1S/C6H8BrClN2/c1-4(2)10-3-5(7)6(8)9-10/h3-4H,1-2H3. The Morgan fingerprint density at radius 3 is 2.50 bits per heavy atom. The van der Waals surface area contributed by atoms with Crippen LogP contribution < -0.4 is 0 Å². The van der Waals surface area contributed by atoms with E-state index >= 15 is 0 Å². The molecule has 1 rings (SSSR count). The van der Waals surface area contributed by atoms with Crippen molar-refractivity contribution in [2.75, 3.05) is 0 Å². The zero-order valence-corrected chi connectivity index (χ0v) is 8.15. The predicted octanol–water partition coefficient (Wildman–Crippen LogP) is 2.88. The maximum absolute atomic E-state index is 5.69. The fourth-order valence-electron chi connectivity index (χ4n) is 0.612. The minimum Gasteiger partial charge on any atom is -0.268 e. The van der Waals surface area contributed by atoms with Crippen LogP contribution in [0.5, 0.6) is 0 Å². The topological polar surface area (TPSA) is 17.8 Å². The van der Waals surface area contributed by atoms with Gasteiger partial charge < -0.3 is 0 Å². The number of aromatic nitrogens is 2. The summed E-state index contributed by atoms with van der Waals surface area (Å²) < 4.78 is 2.66. The average Bonchev–Trinajstić information content (AvgIpc) is 2.13. The van der Waals surface area contributed by atoms with Crippen molar-refractivity contribution in [3.8, 4) is 0 Å². The highest BCUT2D eigenvalue weighted by molar-refractivity contribution is 9.10. The largest absolute Gasteiger partial charge is 0.268 e. The molecule has 0 aliphatic carbocycles. The molecule has 0 aromatic carbocycles. The Labute approximate surface area is 73.3 Å². The third kappa shape index (κ3) is 1.52. The van der Waals surface area contributed by atoms with Crippen LogP contribution >= 0.6 is 27.5 Å². The fourth-order valence-corrected chi connectivity index (χ4v) is 1.04. The molecule has 0 atom stereocenters. The lowest BCUT2D eigenvalue weighted by Crippen LogP contribution is -1.99. The van der Waals surface area contributed by atoms with E-state index in [2.05, 4.69) is 34.9 Å². The van der Waals surface area contributed by atoms with Crippen LogP contribution in [0.2, 0.25) is 5.15 Å². The highest BCUT2D eigenvalue weighted by atomic mass is 79.9. The van der Waals surface area contributed by atoms with Gasteiger partial charge in [0, 0.05) is 12.2 Å². The molecule has 1 aromatic heterocycles. The summed E-state index contributed by atoms with van der Waals surface area (Å²) in [5.74, 6) is 0. The average molecular weight is 224 g/mol. The number of nitrogens with zero attached hydrogens (tertiary/aromatic N) is 2. The second kappa shape index (κ2) is 2.93. The van der Waals surface area contributed by atoms with Gasteiger partial charge in [-0.15, -0.1) is 0 Å². The fraction of sp³-hybridized carbons (Fsp3) is 0.500. The van der Waals surface area contributed by atoms with Gasteiger partial charge in [0.1, 0.15) is 0 Å². The first-order valence-corrected chi connectivity index (χ1v) is 4.18. The van der Waals surface area contributed by atoms with Gasteiger partial charge in [-0.1, -0.05) is 11.6 Å². The van der Waals surface area contributed by atoms with Gasteiger partial charge in [0.15, 0.2) is 5.15 Å². The molecule has 0 amide bonds. The van der Waals surface area contributed by atoms with Gasteiger partial charge in [-0.25, -0.2) is 0 Å². The summed E-state index contributed by atoms with van der Waals surface area (Å²) in [6.45, 7) is 4.10. The van der Waals surface area contributed by atoms with E-state index in [1.807, 2.05) is 10.9 Å². The number of hydrogen-bond acceptors (Lipinski definition) is 1. The molecule has 0 N–H and O–H groups in total. The van der Waals surface area contributed by atoms with Gasteiger partial charge in [-0.3, -0.25) is 4.68 Å². The van der Waals surface area contributed by atoms with Crippen molar-refractivity contribution < 1.29 is 0 Å². The number of halogens is 2. The van der Waals surface area contributed by atoms with Crippen LogP contribution in [0.1, 0.15) is 19.9 Å². The van der Waals surface area contributed by atoms with E-state index in [1.165, 1.54) is 0 Å². The van der Waals surface area contributed by atoms with Gasteiger partial charge in [0.05, 0.1) is 4.47 Å². The Balaban J connectivity index is 2.98. The predicted molar refractivity (Wildman–Crippen MR) is 45.3 cm³/mol. The minimum absolute atomic E-state index is 0.365. The SMILES string of the molecule is CC(C)n1cc(Br)c(Cl)n1. The monoisotopic (exact) mass is 222 g/mol. The summed E-state index contributed by atoms with van der Waals surface area (Å²) >= 11 is 8.96. The second-order valence-corrected chi connectivity index (χ2v) is 3.55. The molecule has 2 nitrogen and oxygen atoms in total. The lowest BCUT2D eigenvalue weighted by Gasteiger charge is -2.01. The Bertz CT molecular complexity index is 212. The summed E-state index contributed by atoms with van der Waals surface area (Å²) in [5, 5.41) is 4.57. The van der Waals surface area contributed by atoms with Crippen molar-refractivity contribution in [3.63, 3.8) is 0 Å². The van der Waals surface area contributed by atoms with Crippen molar-refractivity contribution >= 4 is 27.5 Å². The lowest BCUT2D eigenvalue weighted by atomic mass is 10.4. The van der Waals surface area contributed by atoms with Crippen LogP contribution in [0.25, 0.3) is 0 Å². The molecule has 0 fully saturated rings. The van der Waals surface area contributed by atoms with E-state index in [0.29, 0.717) is 11.2 Å². The second-order valence-electron chi connectivity index (χ2n) is 2.34. The van der Waals surface area contributed by atoms with Crippen LogP contribution in [-0.2, 0) is 0 Å². The molecule has 0 saturated heterocycles. The lowest BCUT2D eigenvalue weighted by molar-refractivity contribution is 0.532. The molecule has 0 radical (unpaired) electrons. The summed E-state index contributed by atoms with van der Waals surface area (Å²) in [7, 11) is 0. The first kappa shape index (κ1) is 8.08. The molecule has 10 heavy (non-hydrogen) atoms. The van der Waals surface area contributed by atoms with Crippen molar-refractivity contribution in [3.05, 3.63) is 15.8 Å². The molecule has 0 saturated carbocycles. The van der Waals surface area contributed by atoms with Gasteiger partial charge in [0.2, 0.25) is 0 Å². The van der Waals surface area contributed by atoms with Crippen molar-refractivity contribution in [1.29, 1.82) is 0 Å². The molecule has 0 bridgehead atoms. The molecular weight excluding hydrogens is 215 g/mol. The highest BCUT2D eigenvalue weighted by Crippen LogP contribution is 2.21. The van der Waals surface area contributed by atoms with E-state index in [9.17, 15) is 0 Å². The van der Waals surface area contributed by atoms with E-state index in [0.717, 1.165) is 4.47 Å². The van der Waals surface area contributed by atoms with Crippen molar-refractivity contribution in [2.24, 2.45) is 0 Å². The molecule has 0 aliphatic rings. The van der Waals surface area contributed by atoms with Crippen molar-refractivity contribution in [1.82, 2.24) is 9.78 Å². The van der Waals surface area contributed by atoms with Gasteiger partial charge in [-0.2, -0.15) is 5.10 Å². The Morgan fingerprint density at radius 1 is 1.70 bits per heavy atom. The van der Waals surface area contributed by atoms with Crippen LogP contribution in [0.15, 0.2) is 10.7 Å². The van der Waals surface area contributed by atoms with Gasteiger partial charge in [0.25, 0.3) is 0 Å². The quantitative estimate of drug-likeness (QED) is 0.716. The van der Waals surface area contributed by atoms with Gasteiger partial charge in [-0.05, 0) is 29.8 Å². The van der Waals surface area contributed by atoms with E-state index in [-0.39, 0.29) is 0 Å². The Kier molecular flexibility index (Phi) is 2.36. The first-order valence-electron chi connectivity index (χ1n) is 3.01. The maximum atomic E-state index is 5.69. The molecule has 1 heterocycles. The molecule has 0 spiro atoms. The molecule has 4 heteroatoms. The normalized spacial score (nSPS) is 10.9. The Morgan fingerprint density at radius 2 is 2.30 bits per heavy atom. The molecule has 0 aliphatic heterocycles. The van der Waals surface area contributed by atoms with E-state index in [4.69, 9.17) is 11.6 Å². The van der Waals surface area contributed by atoms with E-state index < -0.39 is 0 Å². The summed E-state index contributed by atoms with van der Waals surface area (Å²) in [6, 6.07) is 0.365. The van der Waals surface area contributed by atoms with Crippen LogP contribution in [0.3, 0.4) is 0 Å². The maximum Gasteiger partial charge on any atom is 0.165 e. The van der Waals surface area contributed by atoms with Gasteiger partial charge >= 0.3 is 0 Å². The summed E-state index contributed by atoms with van der Waals surface area (Å²) in [6.07, 6.45) is 1.87.